The fourth-order valence-electron chi connectivity index (χ4n) is 2.47. The van der Waals surface area contributed by atoms with Crippen molar-refractivity contribution in [2.75, 3.05) is 6.61 Å². The van der Waals surface area contributed by atoms with Crippen LogP contribution in [-0.4, -0.2) is 23.5 Å². The number of rotatable bonds is 7. The predicted molar refractivity (Wildman–Crippen MR) is 105 cm³/mol. The zero-order chi connectivity index (χ0) is 19.9. The van der Waals surface area contributed by atoms with Gasteiger partial charge in [0.2, 0.25) is 0 Å². The minimum absolute atomic E-state index is 0.0255. The van der Waals surface area contributed by atoms with E-state index in [1.807, 2.05) is 24.3 Å². The highest BCUT2D eigenvalue weighted by molar-refractivity contribution is 7.13. The number of carbonyl (C=O) groups excluding carboxylic acids is 2. The van der Waals surface area contributed by atoms with Gasteiger partial charge in [0.15, 0.2) is 12.3 Å². The second-order valence-corrected chi connectivity index (χ2v) is 6.89. The van der Waals surface area contributed by atoms with Gasteiger partial charge in [0.05, 0.1) is 0 Å². The summed E-state index contributed by atoms with van der Waals surface area (Å²) in [5.74, 6) is -1.59. The predicted octanol–water partition coefficient (Wildman–Crippen LogP) is 3.98. The van der Waals surface area contributed by atoms with E-state index in [0.29, 0.717) is 10.6 Å². The molecule has 3 aromatic rings. The van der Waals surface area contributed by atoms with Crippen LogP contribution < -0.4 is 5.32 Å². The average Bonchev–Trinajstić information content (AvgIpc) is 3.22. The van der Waals surface area contributed by atoms with Crippen LogP contribution in [0, 0.1) is 5.82 Å². The Morgan fingerprint density at radius 1 is 1.14 bits per heavy atom. The summed E-state index contributed by atoms with van der Waals surface area (Å²) < 4.78 is 18.5. The highest BCUT2D eigenvalue weighted by Crippen LogP contribution is 2.24. The van der Waals surface area contributed by atoms with E-state index in [4.69, 9.17) is 4.74 Å². The molecular formula is C21H19FN2O3S. The molecule has 0 fully saturated rings. The molecule has 0 saturated carbocycles. The van der Waals surface area contributed by atoms with Crippen LogP contribution in [0.25, 0.3) is 10.6 Å². The van der Waals surface area contributed by atoms with E-state index in [1.54, 1.807) is 23.6 Å². The third kappa shape index (κ3) is 5.01. The third-order valence-corrected chi connectivity index (χ3v) is 4.98. The van der Waals surface area contributed by atoms with Crippen molar-refractivity contribution in [1.29, 1.82) is 0 Å². The van der Waals surface area contributed by atoms with Gasteiger partial charge in [0.1, 0.15) is 10.8 Å². The van der Waals surface area contributed by atoms with Crippen LogP contribution in [0.3, 0.4) is 0 Å². The van der Waals surface area contributed by atoms with Crippen molar-refractivity contribution in [1.82, 2.24) is 10.3 Å². The number of aryl methyl sites for hydroxylation is 1. The van der Waals surface area contributed by atoms with E-state index < -0.39 is 24.3 Å². The van der Waals surface area contributed by atoms with Crippen LogP contribution in [0.5, 0.6) is 0 Å². The molecule has 3 rings (SSSR count). The maximum atomic E-state index is 13.5. The largest absolute Gasteiger partial charge is 0.451 e. The second-order valence-electron chi connectivity index (χ2n) is 6.03. The fraction of sp³-hybridized carbons (Fsp3) is 0.190. The number of halogens is 1. The SMILES string of the molecule is CCc1ccc(-c2nc(C(=O)OCC(=O)NCc3ccccc3F)cs2)cc1. The molecule has 5 nitrogen and oxygen atoms in total. The van der Waals surface area contributed by atoms with Crippen LogP contribution in [0.2, 0.25) is 0 Å². The van der Waals surface area contributed by atoms with E-state index >= 15 is 0 Å². The lowest BCUT2D eigenvalue weighted by Gasteiger charge is -2.06. The molecule has 2 aromatic carbocycles. The summed E-state index contributed by atoms with van der Waals surface area (Å²) in [5, 5.41) is 4.82. The minimum atomic E-state index is -0.672. The first-order valence-electron chi connectivity index (χ1n) is 8.79. The fourth-order valence-corrected chi connectivity index (χ4v) is 3.27. The van der Waals surface area contributed by atoms with Gasteiger partial charge in [-0.3, -0.25) is 4.79 Å². The van der Waals surface area contributed by atoms with E-state index in [2.05, 4.69) is 17.2 Å². The number of nitrogens with zero attached hydrogens (tertiary/aromatic N) is 1. The molecule has 144 valence electrons. The Labute approximate surface area is 166 Å². The van der Waals surface area contributed by atoms with Crippen molar-refractivity contribution >= 4 is 23.2 Å². The Kier molecular flexibility index (Phi) is 6.49. The molecule has 1 heterocycles. The van der Waals surface area contributed by atoms with Gasteiger partial charge in [-0.15, -0.1) is 11.3 Å². The lowest BCUT2D eigenvalue weighted by atomic mass is 10.1. The number of thiazole rings is 1. The normalized spacial score (nSPS) is 10.5. The van der Waals surface area contributed by atoms with Crippen molar-refractivity contribution in [3.63, 3.8) is 0 Å². The van der Waals surface area contributed by atoms with Gasteiger partial charge in [-0.2, -0.15) is 0 Å². The average molecular weight is 398 g/mol. The van der Waals surface area contributed by atoms with Gasteiger partial charge >= 0.3 is 5.97 Å². The van der Waals surface area contributed by atoms with Crippen LogP contribution in [-0.2, 0) is 22.5 Å². The molecule has 7 heteroatoms. The summed E-state index contributed by atoms with van der Waals surface area (Å²) in [6.45, 7) is 1.65. The Balaban J connectivity index is 1.51. The Hall–Kier alpha value is -3.06. The second kappa shape index (κ2) is 9.23. The number of carbonyl (C=O) groups is 2. The maximum Gasteiger partial charge on any atom is 0.358 e. The molecule has 1 aromatic heterocycles. The lowest BCUT2D eigenvalue weighted by Crippen LogP contribution is -2.28. The van der Waals surface area contributed by atoms with Crippen molar-refractivity contribution in [2.45, 2.75) is 19.9 Å². The molecule has 0 bridgehead atoms. The number of benzene rings is 2. The molecule has 1 N–H and O–H groups in total. The zero-order valence-corrected chi connectivity index (χ0v) is 16.1. The molecule has 0 radical (unpaired) electrons. The molecule has 28 heavy (non-hydrogen) atoms. The maximum absolute atomic E-state index is 13.5. The summed E-state index contributed by atoms with van der Waals surface area (Å²) in [6.07, 6.45) is 0.953. The Bertz CT molecular complexity index is 970. The monoisotopic (exact) mass is 398 g/mol. The van der Waals surface area contributed by atoms with E-state index in [9.17, 15) is 14.0 Å². The van der Waals surface area contributed by atoms with Crippen molar-refractivity contribution in [3.8, 4) is 10.6 Å². The topological polar surface area (TPSA) is 68.3 Å². The molecule has 0 spiro atoms. The van der Waals surface area contributed by atoms with Gasteiger partial charge in [-0.05, 0) is 18.1 Å². The van der Waals surface area contributed by atoms with Crippen LogP contribution >= 0.6 is 11.3 Å². The van der Waals surface area contributed by atoms with Gasteiger partial charge < -0.3 is 10.1 Å². The smallest absolute Gasteiger partial charge is 0.358 e. The third-order valence-electron chi connectivity index (χ3n) is 4.09. The number of ether oxygens (including phenoxy) is 1. The molecule has 0 unspecified atom stereocenters. The highest BCUT2D eigenvalue weighted by atomic mass is 32.1. The Morgan fingerprint density at radius 2 is 1.89 bits per heavy atom. The molecule has 0 aliphatic heterocycles. The first-order chi connectivity index (χ1) is 13.6. The standard InChI is InChI=1S/C21H19FN2O3S/c1-2-14-7-9-15(10-8-14)20-24-18(13-28-20)21(26)27-12-19(25)23-11-16-5-3-4-6-17(16)22/h3-10,13H,2,11-12H2,1H3,(H,23,25). The highest BCUT2D eigenvalue weighted by Gasteiger charge is 2.15. The van der Waals surface area contributed by atoms with Gasteiger partial charge in [-0.25, -0.2) is 14.2 Å². The first kappa shape index (κ1) is 19.7. The summed E-state index contributed by atoms with van der Waals surface area (Å²) >= 11 is 1.33. The molecular weight excluding hydrogens is 379 g/mol. The first-order valence-corrected chi connectivity index (χ1v) is 9.67. The van der Waals surface area contributed by atoms with Crippen LogP contribution in [0.1, 0.15) is 28.5 Å². The molecule has 0 saturated heterocycles. The molecule has 0 aliphatic carbocycles. The molecule has 1 amide bonds. The van der Waals surface area contributed by atoms with Crippen molar-refractivity contribution < 1.29 is 18.7 Å². The quantitative estimate of drug-likeness (QED) is 0.611. The van der Waals surface area contributed by atoms with E-state index in [1.165, 1.54) is 23.0 Å². The number of amides is 1. The van der Waals surface area contributed by atoms with Crippen molar-refractivity contribution in [2.24, 2.45) is 0 Å². The van der Waals surface area contributed by atoms with Gasteiger partial charge in [0.25, 0.3) is 5.91 Å². The summed E-state index contributed by atoms with van der Waals surface area (Å²) in [6, 6.07) is 14.1. The van der Waals surface area contributed by atoms with Crippen LogP contribution in [0.4, 0.5) is 4.39 Å². The summed E-state index contributed by atoms with van der Waals surface area (Å²) in [7, 11) is 0. The lowest BCUT2D eigenvalue weighted by molar-refractivity contribution is -0.124. The zero-order valence-electron chi connectivity index (χ0n) is 15.3. The minimum Gasteiger partial charge on any atom is -0.451 e. The van der Waals surface area contributed by atoms with Crippen molar-refractivity contribution in [3.05, 3.63) is 76.5 Å². The van der Waals surface area contributed by atoms with E-state index in [0.717, 1.165) is 12.0 Å². The number of hydrogen-bond acceptors (Lipinski definition) is 5. The number of nitrogens with one attached hydrogen (secondary N) is 1. The summed E-state index contributed by atoms with van der Waals surface area (Å²) in [4.78, 5) is 28.2. The molecule has 0 atom stereocenters. The Morgan fingerprint density at radius 3 is 2.61 bits per heavy atom. The van der Waals surface area contributed by atoms with Gasteiger partial charge in [0, 0.05) is 23.1 Å². The summed E-state index contributed by atoms with van der Waals surface area (Å²) in [5.41, 5.74) is 2.66. The van der Waals surface area contributed by atoms with Crippen LogP contribution in [0.15, 0.2) is 53.9 Å². The number of aromatic nitrogens is 1. The molecule has 0 aliphatic rings. The van der Waals surface area contributed by atoms with E-state index in [-0.39, 0.29) is 12.2 Å². The number of esters is 1. The number of hydrogen-bond donors (Lipinski definition) is 1. The van der Waals surface area contributed by atoms with Gasteiger partial charge in [-0.1, -0.05) is 49.4 Å².